The fourth-order valence-electron chi connectivity index (χ4n) is 2.98. The number of amides is 1. The molecule has 1 amide bonds. The molecule has 0 aliphatic carbocycles. The molecule has 2 aromatic heterocycles. The lowest BCUT2D eigenvalue weighted by molar-refractivity contribution is -0.117. The summed E-state index contributed by atoms with van der Waals surface area (Å²) in [7, 11) is 0. The van der Waals surface area contributed by atoms with E-state index in [1.54, 1.807) is 31.3 Å². The van der Waals surface area contributed by atoms with Gasteiger partial charge in [-0.1, -0.05) is 12.1 Å². The Morgan fingerprint density at radius 2 is 2.17 bits per heavy atom. The quantitative estimate of drug-likeness (QED) is 0.639. The van der Waals surface area contributed by atoms with E-state index in [-0.39, 0.29) is 12.4 Å². The lowest BCUT2D eigenvalue weighted by atomic mass is 10.1. The van der Waals surface area contributed by atoms with Gasteiger partial charge in [-0.3, -0.25) is 4.79 Å². The summed E-state index contributed by atoms with van der Waals surface area (Å²) in [5.41, 5.74) is 2.67. The molecule has 3 heterocycles. The van der Waals surface area contributed by atoms with Gasteiger partial charge in [-0.05, 0) is 19.1 Å². The van der Waals surface area contributed by atoms with Crippen molar-refractivity contribution in [3.05, 3.63) is 54.4 Å². The topological polar surface area (TPSA) is 115 Å². The number of benzene rings is 1. The maximum atomic E-state index is 12.3. The van der Waals surface area contributed by atoms with Gasteiger partial charge in [0.1, 0.15) is 31.5 Å². The Bertz CT molecular complexity index is 1110. The van der Waals surface area contributed by atoms with E-state index in [4.69, 9.17) is 14.2 Å². The third-order valence-corrected chi connectivity index (χ3v) is 4.23. The van der Waals surface area contributed by atoms with E-state index in [9.17, 15) is 9.59 Å². The van der Waals surface area contributed by atoms with E-state index in [1.807, 2.05) is 6.07 Å². The molecular formula is C20H18N4O5. The van der Waals surface area contributed by atoms with Crippen LogP contribution < -0.4 is 5.32 Å². The van der Waals surface area contributed by atoms with Crippen molar-refractivity contribution >= 4 is 28.6 Å². The standard InChI is InChI=1S/C20H18N4O5/c1-2-28-20(26)14-9-21-18-16(14)17(22-11-23-18)12-4-3-5-13(8-12)24-19(25)15-10-27-6-7-29-15/h3-5,8-11H,2,6-7H2,1H3,(H,24,25)(H,21,22,23). The predicted molar refractivity (Wildman–Crippen MR) is 104 cm³/mol. The summed E-state index contributed by atoms with van der Waals surface area (Å²) in [6.45, 7) is 2.74. The first kappa shape index (κ1) is 18.5. The average Bonchev–Trinajstić information content (AvgIpc) is 3.19. The smallest absolute Gasteiger partial charge is 0.340 e. The Morgan fingerprint density at radius 1 is 1.28 bits per heavy atom. The van der Waals surface area contributed by atoms with Crippen LogP contribution in [0.15, 0.2) is 48.8 Å². The van der Waals surface area contributed by atoms with Crippen molar-refractivity contribution in [1.82, 2.24) is 15.0 Å². The van der Waals surface area contributed by atoms with Crippen LogP contribution in [0, 0.1) is 0 Å². The number of anilines is 1. The Morgan fingerprint density at radius 3 is 2.97 bits per heavy atom. The van der Waals surface area contributed by atoms with E-state index in [2.05, 4.69) is 20.3 Å². The molecule has 1 aliphatic rings. The van der Waals surface area contributed by atoms with Crippen molar-refractivity contribution in [3.8, 4) is 11.3 Å². The predicted octanol–water partition coefficient (Wildman–Crippen LogP) is 2.63. The minimum Gasteiger partial charge on any atom is -0.494 e. The molecule has 2 N–H and O–H groups in total. The van der Waals surface area contributed by atoms with Crippen LogP contribution in [0.5, 0.6) is 0 Å². The van der Waals surface area contributed by atoms with E-state index >= 15 is 0 Å². The number of carbonyl (C=O) groups excluding carboxylic acids is 2. The van der Waals surface area contributed by atoms with Crippen molar-refractivity contribution in [3.63, 3.8) is 0 Å². The van der Waals surface area contributed by atoms with Crippen LogP contribution >= 0.6 is 0 Å². The molecule has 148 valence electrons. The van der Waals surface area contributed by atoms with Gasteiger partial charge in [-0.25, -0.2) is 14.8 Å². The van der Waals surface area contributed by atoms with Gasteiger partial charge >= 0.3 is 5.97 Å². The highest BCUT2D eigenvalue weighted by molar-refractivity contribution is 6.08. The zero-order chi connectivity index (χ0) is 20.2. The molecule has 0 fully saturated rings. The summed E-state index contributed by atoms with van der Waals surface area (Å²) < 4.78 is 15.5. The molecule has 0 spiro atoms. The van der Waals surface area contributed by atoms with Gasteiger partial charge in [0.05, 0.1) is 23.3 Å². The van der Waals surface area contributed by atoms with E-state index < -0.39 is 11.9 Å². The number of rotatable bonds is 5. The van der Waals surface area contributed by atoms with Gasteiger partial charge in [0, 0.05) is 17.4 Å². The van der Waals surface area contributed by atoms with Crippen LogP contribution in [-0.4, -0.2) is 46.6 Å². The number of hydrogen-bond donors (Lipinski definition) is 2. The van der Waals surface area contributed by atoms with Gasteiger partial charge in [-0.2, -0.15) is 0 Å². The highest BCUT2D eigenvalue weighted by Crippen LogP contribution is 2.30. The highest BCUT2D eigenvalue weighted by atomic mass is 16.6. The Kier molecular flexibility index (Phi) is 5.10. The molecule has 1 aromatic carbocycles. The second-order valence-electron chi connectivity index (χ2n) is 6.10. The molecule has 1 aliphatic heterocycles. The van der Waals surface area contributed by atoms with E-state index in [1.165, 1.54) is 12.6 Å². The van der Waals surface area contributed by atoms with Gasteiger partial charge in [0.2, 0.25) is 5.76 Å². The number of nitrogens with zero attached hydrogens (tertiary/aromatic N) is 2. The van der Waals surface area contributed by atoms with Gasteiger partial charge in [-0.15, -0.1) is 0 Å². The first-order chi connectivity index (χ1) is 14.2. The molecule has 0 bridgehead atoms. The summed E-state index contributed by atoms with van der Waals surface area (Å²) in [4.78, 5) is 36.1. The first-order valence-corrected chi connectivity index (χ1v) is 9.03. The zero-order valence-electron chi connectivity index (χ0n) is 15.6. The number of hydrogen-bond acceptors (Lipinski definition) is 7. The first-order valence-electron chi connectivity index (χ1n) is 9.03. The summed E-state index contributed by atoms with van der Waals surface area (Å²) in [6.07, 6.45) is 4.26. The normalized spacial score (nSPS) is 13.2. The number of H-pyrrole nitrogens is 1. The molecule has 0 saturated carbocycles. The van der Waals surface area contributed by atoms with Gasteiger partial charge in [0.25, 0.3) is 5.91 Å². The molecule has 29 heavy (non-hydrogen) atoms. The second kappa shape index (κ2) is 8.01. The lowest BCUT2D eigenvalue weighted by Crippen LogP contribution is -2.21. The number of nitrogens with one attached hydrogen (secondary N) is 2. The maximum Gasteiger partial charge on any atom is 0.340 e. The molecule has 0 saturated heterocycles. The number of fused-ring (bicyclic) bond motifs is 1. The fraction of sp³-hybridized carbons (Fsp3) is 0.200. The molecule has 3 aromatic rings. The number of esters is 1. The Hall–Kier alpha value is -3.88. The van der Waals surface area contributed by atoms with Crippen molar-refractivity contribution in [1.29, 1.82) is 0 Å². The second-order valence-corrected chi connectivity index (χ2v) is 6.10. The van der Waals surface area contributed by atoms with E-state index in [0.717, 1.165) is 0 Å². The number of carbonyl (C=O) groups is 2. The maximum absolute atomic E-state index is 12.3. The van der Waals surface area contributed by atoms with Crippen LogP contribution in [0.1, 0.15) is 17.3 Å². The summed E-state index contributed by atoms with van der Waals surface area (Å²) in [5.74, 6) is -0.759. The molecular weight excluding hydrogens is 376 g/mol. The van der Waals surface area contributed by atoms with Gasteiger partial charge in [0.15, 0.2) is 0 Å². The van der Waals surface area contributed by atoms with Crippen LogP contribution in [0.2, 0.25) is 0 Å². The summed E-state index contributed by atoms with van der Waals surface area (Å²) >= 11 is 0. The fourth-order valence-corrected chi connectivity index (χ4v) is 2.98. The molecule has 9 heteroatoms. The SMILES string of the molecule is CCOC(=O)c1c[nH]c2ncnc(-c3cccc(NC(=O)C4=COCCO4)c3)c12. The third kappa shape index (κ3) is 3.75. The summed E-state index contributed by atoms with van der Waals surface area (Å²) in [5, 5.41) is 3.32. The van der Waals surface area contributed by atoms with E-state index in [0.29, 0.717) is 46.8 Å². The van der Waals surface area contributed by atoms with Crippen molar-refractivity contribution in [2.45, 2.75) is 6.92 Å². The largest absolute Gasteiger partial charge is 0.494 e. The minimum atomic E-state index is -0.458. The molecule has 0 atom stereocenters. The zero-order valence-corrected chi connectivity index (χ0v) is 15.6. The number of aromatic amines is 1. The lowest BCUT2D eigenvalue weighted by Gasteiger charge is -2.15. The molecule has 9 nitrogen and oxygen atoms in total. The van der Waals surface area contributed by atoms with Crippen molar-refractivity contribution in [2.75, 3.05) is 25.1 Å². The van der Waals surface area contributed by atoms with Crippen molar-refractivity contribution < 1.29 is 23.8 Å². The molecule has 0 unspecified atom stereocenters. The van der Waals surface area contributed by atoms with Crippen LogP contribution in [0.25, 0.3) is 22.3 Å². The number of aromatic nitrogens is 3. The van der Waals surface area contributed by atoms with Crippen LogP contribution in [0.4, 0.5) is 5.69 Å². The Balaban J connectivity index is 1.69. The molecule has 4 rings (SSSR count). The van der Waals surface area contributed by atoms with Crippen LogP contribution in [-0.2, 0) is 19.0 Å². The molecule has 0 radical (unpaired) electrons. The average molecular weight is 394 g/mol. The summed E-state index contributed by atoms with van der Waals surface area (Å²) in [6, 6.07) is 7.11. The highest BCUT2D eigenvalue weighted by Gasteiger charge is 2.20. The monoisotopic (exact) mass is 394 g/mol. The van der Waals surface area contributed by atoms with Crippen LogP contribution in [0.3, 0.4) is 0 Å². The minimum absolute atomic E-state index is 0.112. The van der Waals surface area contributed by atoms with Gasteiger partial charge < -0.3 is 24.5 Å². The third-order valence-electron chi connectivity index (χ3n) is 4.23. The Labute approximate surface area is 165 Å². The van der Waals surface area contributed by atoms with Crippen molar-refractivity contribution in [2.24, 2.45) is 0 Å². The number of ether oxygens (including phenoxy) is 3.